The number of carbonyl (C=O) groups excluding carboxylic acids is 1. The lowest BCUT2D eigenvalue weighted by atomic mass is 10.1. The maximum atomic E-state index is 13.5. The van der Waals surface area contributed by atoms with Gasteiger partial charge in [-0.3, -0.25) is 9.89 Å². The fourth-order valence-electron chi connectivity index (χ4n) is 2.83. The van der Waals surface area contributed by atoms with Gasteiger partial charge in [0.2, 0.25) is 5.91 Å². The average Bonchev–Trinajstić information content (AvgIpc) is 3.22. The number of hydrogen-bond acceptors (Lipinski definition) is 3. The van der Waals surface area contributed by atoms with E-state index >= 15 is 0 Å². The summed E-state index contributed by atoms with van der Waals surface area (Å²) < 4.78 is 19.0. The number of amides is 1. The number of benzene rings is 1. The smallest absolute Gasteiger partial charge is 0.222 e. The molecule has 0 spiro atoms. The van der Waals surface area contributed by atoms with Gasteiger partial charge in [0.25, 0.3) is 0 Å². The lowest BCUT2D eigenvalue weighted by molar-refractivity contribution is -0.129. The zero-order valence-electron chi connectivity index (χ0n) is 13.1. The predicted octanol–water partition coefficient (Wildman–Crippen LogP) is 2.85. The first-order valence-corrected chi connectivity index (χ1v) is 7.86. The molecule has 122 valence electrons. The number of para-hydroxylation sites is 1. The van der Waals surface area contributed by atoms with Crippen molar-refractivity contribution in [1.29, 1.82) is 0 Å². The van der Waals surface area contributed by atoms with Gasteiger partial charge in [-0.1, -0.05) is 19.1 Å². The van der Waals surface area contributed by atoms with E-state index in [0.29, 0.717) is 13.0 Å². The van der Waals surface area contributed by atoms with Crippen LogP contribution in [0.2, 0.25) is 0 Å². The molecule has 1 saturated heterocycles. The highest BCUT2D eigenvalue weighted by atomic mass is 19.1. The van der Waals surface area contributed by atoms with Crippen LogP contribution in [0, 0.1) is 5.82 Å². The van der Waals surface area contributed by atoms with Crippen molar-refractivity contribution in [2.45, 2.75) is 32.3 Å². The van der Waals surface area contributed by atoms with Gasteiger partial charge in [-0.25, -0.2) is 4.39 Å². The Morgan fingerprint density at radius 1 is 1.48 bits per heavy atom. The van der Waals surface area contributed by atoms with E-state index in [1.165, 1.54) is 6.07 Å². The quantitative estimate of drug-likeness (QED) is 0.922. The number of H-pyrrole nitrogens is 1. The van der Waals surface area contributed by atoms with Crippen LogP contribution in [0.15, 0.2) is 30.3 Å². The summed E-state index contributed by atoms with van der Waals surface area (Å²) in [5, 5.41) is 7.25. The number of carbonyl (C=O) groups is 1. The number of aromatic nitrogens is 2. The minimum Gasteiger partial charge on any atom is -0.484 e. The van der Waals surface area contributed by atoms with Crippen LogP contribution in [0.5, 0.6) is 5.75 Å². The van der Waals surface area contributed by atoms with Crippen LogP contribution in [0.1, 0.15) is 37.1 Å². The highest BCUT2D eigenvalue weighted by Gasteiger charge is 2.28. The fraction of sp³-hybridized carbons (Fsp3) is 0.412. The average molecular weight is 317 g/mol. The maximum Gasteiger partial charge on any atom is 0.222 e. The number of rotatable bonds is 5. The fourth-order valence-corrected chi connectivity index (χ4v) is 2.83. The second kappa shape index (κ2) is 6.81. The molecule has 1 aliphatic heterocycles. The molecule has 1 aromatic heterocycles. The van der Waals surface area contributed by atoms with Gasteiger partial charge in [0.05, 0.1) is 11.4 Å². The molecule has 1 atom stereocenters. The van der Waals surface area contributed by atoms with E-state index in [2.05, 4.69) is 10.2 Å². The van der Waals surface area contributed by atoms with Crippen LogP contribution in [0.3, 0.4) is 0 Å². The molecule has 3 rings (SSSR count). The van der Waals surface area contributed by atoms with Gasteiger partial charge in [-0.05, 0) is 24.6 Å². The standard InChI is InChI=1S/C17H20FN3O2/c1-2-17(22)21-8-7-12(10-21)15-9-13(19-20-15)11-23-16-6-4-3-5-14(16)18/h3-6,9,12H,2,7-8,10-11H2,1H3,(H,19,20)/t12-/m1/s1. The molecular weight excluding hydrogens is 297 g/mol. The summed E-state index contributed by atoms with van der Waals surface area (Å²) in [6.45, 7) is 3.61. The largest absolute Gasteiger partial charge is 0.484 e. The predicted molar refractivity (Wildman–Crippen MR) is 83.5 cm³/mol. The first-order valence-electron chi connectivity index (χ1n) is 7.86. The Kier molecular flexibility index (Phi) is 4.60. The van der Waals surface area contributed by atoms with Crippen molar-refractivity contribution in [2.75, 3.05) is 13.1 Å². The van der Waals surface area contributed by atoms with Gasteiger partial charge in [0.15, 0.2) is 11.6 Å². The van der Waals surface area contributed by atoms with Crippen molar-refractivity contribution in [2.24, 2.45) is 0 Å². The number of nitrogens with zero attached hydrogens (tertiary/aromatic N) is 2. The lowest BCUT2D eigenvalue weighted by Gasteiger charge is -2.14. The first-order chi connectivity index (χ1) is 11.2. The van der Waals surface area contributed by atoms with E-state index in [1.54, 1.807) is 18.2 Å². The molecule has 1 fully saturated rings. The van der Waals surface area contributed by atoms with Crippen molar-refractivity contribution in [3.8, 4) is 5.75 Å². The van der Waals surface area contributed by atoms with E-state index in [9.17, 15) is 9.18 Å². The van der Waals surface area contributed by atoms with Gasteiger partial charge in [-0.15, -0.1) is 0 Å². The molecule has 1 N–H and O–H groups in total. The van der Waals surface area contributed by atoms with Crippen LogP contribution >= 0.6 is 0 Å². The summed E-state index contributed by atoms with van der Waals surface area (Å²) in [7, 11) is 0. The van der Waals surface area contributed by atoms with Crippen LogP contribution in [0.4, 0.5) is 4.39 Å². The number of hydrogen-bond donors (Lipinski definition) is 1. The third kappa shape index (κ3) is 3.52. The molecular formula is C17H20FN3O2. The second-order valence-electron chi connectivity index (χ2n) is 5.72. The monoisotopic (exact) mass is 317 g/mol. The van der Waals surface area contributed by atoms with Gasteiger partial charge in [-0.2, -0.15) is 5.10 Å². The van der Waals surface area contributed by atoms with Crippen molar-refractivity contribution in [3.63, 3.8) is 0 Å². The number of halogens is 1. The molecule has 1 aliphatic rings. The van der Waals surface area contributed by atoms with E-state index in [0.717, 1.165) is 24.4 Å². The maximum absolute atomic E-state index is 13.5. The Morgan fingerprint density at radius 3 is 3.09 bits per heavy atom. The lowest BCUT2D eigenvalue weighted by Crippen LogP contribution is -2.27. The Labute approximate surface area is 134 Å². The molecule has 0 aliphatic carbocycles. The Morgan fingerprint density at radius 2 is 2.30 bits per heavy atom. The van der Waals surface area contributed by atoms with Crippen molar-refractivity contribution < 1.29 is 13.9 Å². The SMILES string of the molecule is CCC(=O)N1CC[C@@H](c2cc(COc3ccccc3F)[nH]n2)C1. The summed E-state index contributed by atoms with van der Waals surface area (Å²) in [6.07, 6.45) is 1.46. The zero-order chi connectivity index (χ0) is 16.2. The molecule has 1 aromatic carbocycles. The second-order valence-corrected chi connectivity index (χ2v) is 5.72. The van der Waals surface area contributed by atoms with E-state index in [-0.39, 0.29) is 30.0 Å². The van der Waals surface area contributed by atoms with Crippen molar-refractivity contribution in [3.05, 3.63) is 47.5 Å². The third-order valence-electron chi connectivity index (χ3n) is 4.13. The molecule has 2 heterocycles. The van der Waals surface area contributed by atoms with E-state index in [1.807, 2.05) is 17.9 Å². The van der Waals surface area contributed by atoms with Crippen LogP contribution in [-0.4, -0.2) is 34.1 Å². The third-order valence-corrected chi connectivity index (χ3v) is 4.13. The van der Waals surface area contributed by atoms with Crippen LogP contribution in [0.25, 0.3) is 0 Å². The van der Waals surface area contributed by atoms with Gasteiger partial charge in [0.1, 0.15) is 6.61 Å². The Balaban J connectivity index is 1.58. The molecule has 6 heteroatoms. The molecule has 23 heavy (non-hydrogen) atoms. The Bertz CT molecular complexity index is 686. The molecule has 0 radical (unpaired) electrons. The van der Waals surface area contributed by atoms with Crippen molar-refractivity contribution >= 4 is 5.91 Å². The van der Waals surface area contributed by atoms with Crippen LogP contribution in [-0.2, 0) is 11.4 Å². The van der Waals surface area contributed by atoms with Crippen molar-refractivity contribution in [1.82, 2.24) is 15.1 Å². The number of aromatic amines is 1. The molecule has 0 bridgehead atoms. The van der Waals surface area contributed by atoms with Gasteiger partial charge < -0.3 is 9.64 Å². The molecule has 0 unspecified atom stereocenters. The normalized spacial score (nSPS) is 17.5. The zero-order valence-corrected chi connectivity index (χ0v) is 13.1. The van der Waals surface area contributed by atoms with E-state index < -0.39 is 0 Å². The summed E-state index contributed by atoms with van der Waals surface area (Å²) in [5.74, 6) is 0.288. The van der Waals surface area contributed by atoms with Gasteiger partial charge in [0, 0.05) is 25.4 Å². The molecule has 0 saturated carbocycles. The first kappa shape index (κ1) is 15.5. The van der Waals surface area contributed by atoms with Gasteiger partial charge >= 0.3 is 0 Å². The number of nitrogens with one attached hydrogen (secondary N) is 1. The number of likely N-dealkylation sites (tertiary alicyclic amines) is 1. The topological polar surface area (TPSA) is 58.2 Å². The summed E-state index contributed by atoms with van der Waals surface area (Å²) in [4.78, 5) is 13.6. The Hall–Kier alpha value is -2.37. The summed E-state index contributed by atoms with van der Waals surface area (Å²) in [6, 6.07) is 8.25. The van der Waals surface area contributed by atoms with E-state index in [4.69, 9.17) is 4.74 Å². The minimum absolute atomic E-state index is 0.186. The minimum atomic E-state index is -0.378. The van der Waals surface area contributed by atoms with Crippen LogP contribution < -0.4 is 4.74 Å². The highest BCUT2D eigenvalue weighted by Crippen LogP contribution is 2.27. The molecule has 1 amide bonds. The molecule has 5 nitrogen and oxygen atoms in total. The number of ether oxygens (including phenoxy) is 1. The summed E-state index contributed by atoms with van der Waals surface area (Å²) in [5.41, 5.74) is 1.73. The molecule has 2 aromatic rings. The summed E-state index contributed by atoms with van der Waals surface area (Å²) >= 11 is 0. The highest BCUT2D eigenvalue weighted by molar-refractivity contribution is 5.76.